The number of hydrogen-bond acceptors (Lipinski definition) is 9. The summed E-state index contributed by atoms with van der Waals surface area (Å²) in [5, 5.41) is 12.8. The van der Waals surface area contributed by atoms with E-state index in [2.05, 4.69) is 15.3 Å². The molecule has 2 N–H and O–H groups in total. The van der Waals surface area contributed by atoms with Crippen LogP contribution in [0.15, 0.2) is 48.9 Å². The second kappa shape index (κ2) is 18.6. The number of likely N-dealkylation sites (tertiary alicyclic amines) is 1. The Morgan fingerprint density at radius 1 is 0.944 bits per heavy atom. The second-order valence-electron chi connectivity index (χ2n) is 16.5. The summed E-state index contributed by atoms with van der Waals surface area (Å²) in [4.78, 5) is 104. The van der Waals surface area contributed by atoms with Crippen LogP contribution < -0.4 is 5.32 Å². The zero-order chi connectivity index (χ0) is 39.7. The Kier molecular flexibility index (Phi) is 14.5. The molecule has 1 saturated carbocycles. The van der Waals surface area contributed by atoms with Gasteiger partial charge in [-0.3, -0.25) is 38.5 Å². The van der Waals surface area contributed by atoms with Crippen molar-refractivity contribution >= 4 is 40.9 Å². The van der Waals surface area contributed by atoms with Gasteiger partial charge in [-0.1, -0.05) is 84.7 Å². The van der Waals surface area contributed by atoms with Gasteiger partial charge in [0.05, 0.1) is 18.2 Å². The molecule has 3 unspecified atom stereocenters. The van der Waals surface area contributed by atoms with Crippen LogP contribution in [0.2, 0.25) is 0 Å². The number of benzene rings is 1. The maximum atomic E-state index is 14.6. The molecule has 2 amide bonds. The lowest BCUT2D eigenvalue weighted by Crippen LogP contribution is -2.58. The van der Waals surface area contributed by atoms with E-state index in [0.717, 1.165) is 24.8 Å². The van der Waals surface area contributed by atoms with E-state index >= 15 is 0 Å². The van der Waals surface area contributed by atoms with E-state index in [1.54, 1.807) is 29.2 Å². The smallest absolute Gasteiger partial charge is 0.307 e. The molecule has 2 fully saturated rings. The van der Waals surface area contributed by atoms with Gasteiger partial charge in [-0.05, 0) is 54.4 Å². The Labute approximate surface area is 318 Å². The molecule has 54 heavy (non-hydrogen) atoms. The van der Waals surface area contributed by atoms with Crippen LogP contribution in [0.4, 0.5) is 0 Å². The van der Waals surface area contributed by atoms with Crippen LogP contribution in [-0.2, 0) is 35.2 Å². The predicted molar refractivity (Wildman–Crippen MR) is 201 cm³/mol. The SMILES string of the molecule is CCCC(CC(=O)C1[C@H]2CCC[C@H]2CN1C(=O)[C@@H](NC(=O)[C@H](CC(=O)c1cnccn1)C(C)C)C(C)(C)C)C(=O)C(=O)CC(Cc1ccccc1)C(=O)O. The predicted octanol–water partition coefficient (Wildman–Crippen LogP) is 5.33. The van der Waals surface area contributed by atoms with E-state index in [9.17, 15) is 38.7 Å². The minimum absolute atomic E-state index is 0.0866. The van der Waals surface area contributed by atoms with Gasteiger partial charge in [-0.15, -0.1) is 0 Å². The number of amides is 2. The van der Waals surface area contributed by atoms with Crippen LogP contribution in [0.25, 0.3) is 0 Å². The Balaban J connectivity index is 1.52. The molecular weight excluding hydrogens is 688 g/mol. The van der Waals surface area contributed by atoms with Crippen molar-refractivity contribution in [1.82, 2.24) is 20.2 Å². The van der Waals surface area contributed by atoms with E-state index in [1.165, 1.54) is 18.6 Å². The molecule has 0 spiro atoms. The molecule has 12 heteroatoms. The number of aliphatic carboxylic acids is 1. The minimum Gasteiger partial charge on any atom is -0.481 e. The normalized spacial score (nSPS) is 20.4. The molecule has 1 aromatic heterocycles. The van der Waals surface area contributed by atoms with Gasteiger partial charge in [0.15, 0.2) is 17.3 Å². The fourth-order valence-electron chi connectivity index (χ4n) is 8.12. The first-order valence-electron chi connectivity index (χ1n) is 19.3. The molecule has 1 aliphatic heterocycles. The summed E-state index contributed by atoms with van der Waals surface area (Å²) in [6.45, 7) is 11.4. The van der Waals surface area contributed by atoms with Crippen molar-refractivity contribution in [2.24, 2.45) is 40.9 Å². The summed E-state index contributed by atoms with van der Waals surface area (Å²) in [5.74, 6) is -7.25. The summed E-state index contributed by atoms with van der Waals surface area (Å²) in [6, 6.07) is 7.07. The molecule has 1 aromatic carbocycles. The van der Waals surface area contributed by atoms with Gasteiger partial charge in [0, 0.05) is 50.0 Å². The standard InChI is InChI=1S/C42H56N4O8/c1-7-12-27(37(50)35(49)21-29(41(53)54)19-26-13-9-8-10-14-26)20-34(48)36-30-16-11-15-28(30)24-46(36)40(52)38(42(4,5)6)45-39(51)31(25(2)3)22-33(47)32-23-43-17-18-44-32/h8-10,13-14,17-18,23,25,27-31,36,38H,7,11-12,15-16,19-22,24H2,1-6H3,(H,45,51)(H,53,54)/t27?,28-,29?,30-,31+,36?,38+/m0/s1. The molecule has 1 aliphatic carbocycles. The summed E-state index contributed by atoms with van der Waals surface area (Å²) in [6.07, 6.45) is 6.78. The lowest BCUT2D eigenvalue weighted by molar-refractivity contribution is -0.147. The van der Waals surface area contributed by atoms with Crippen molar-refractivity contribution in [1.29, 1.82) is 0 Å². The topological polar surface area (TPSA) is 181 Å². The van der Waals surface area contributed by atoms with Crippen LogP contribution in [0.3, 0.4) is 0 Å². The fraction of sp³-hybridized carbons (Fsp3) is 0.595. The zero-order valence-electron chi connectivity index (χ0n) is 32.5. The Morgan fingerprint density at radius 3 is 2.24 bits per heavy atom. The number of nitrogens with zero attached hydrogens (tertiary/aromatic N) is 3. The summed E-state index contributed by atoms with van der Waals surface area (Å²) < 4.78 is 0. The van der Waals surface area contributed by atoms with Crippen LogP contribution in [0.5, 0.6) is 0 Å². The van der Waals surface area contributed by atoms with Crippen molar-refractivity contribution in [3.63, 3.8) is 0 Å². The maximum Gasteiger partial charge on any atom is 0.307 e. The molecular formula is C42H56N4O8. The van der Waals surface area contributed by atoms with Crippen molar-refractivity contribution in [3.8, 4) is 0 Å². The number of carbonyl (C=O) groups is 7. The molecule has 2 aromatic rings. The number of carboxylic acid groups (broad SMARTS) is 1. The minimum atomic E-state index is -1.17. The largest absolute Gasteiger partial charge is 0.481 e. The molecule has 292 valence electrons. The van der Waals surface area contributed by atoms with Gasteiger partial charge < -0.3 is 15.3 Å². The summed E-state index contributed by atoms with van der Waals surface area (Å²) >= 11 is 0. The first kappa shape index (κ1) is 42.1. The molecule has 2 aliphatic rings. The zero-order valence-corrected chi connectivity index (χ0v) is 32.5. The highest BCUT2D eigenvalue weighted by Crippen LogP contribution is 2.44. The highest BCUT2D eigenvalue weighted by Gasteiger charge is 2.52. The van der Waals surface area contributed by atoms with Gasteiger partial charge >= 0.3 is 5.97 Å². The Morgan fingerprint density at radius 2 is 1.65 bits per heavy atom. The van der Waals surface area contributed by atoms with E-state index in [0.29, 0.717) is 13.0 Å². The van der Waals surface area contributed by atoms with Gasteiger partial charge in [0.25, 0.3) is 0 Å². The number of ketones is 4. The van der Waals surface area contributed by atoms with Crippen molar-refractivity contribution < 1.29 is 38.7 Å². The van der Waals surface area contributed by atoms with Gasteiger partial charge in [-0.25, -0.2) is 4.98 Å². The van der Waals surface area contributed by atoms with Crippen LogP contribution in [-0.4, -0.2) is 79.5 Å². The Bertz CT molecular complexity index is 1670. The third-order valence-electron chi connectivity index (χ3n) is 11.1. The Hall–Kier alpha value is -4.61. The molecule has 12 nitrogen and oxygen atoms in total. The first-order valence-corrected chi connectivity index (χ1v) is 19.3. The average molecular weight is 745 g/mol. The first-order chi connectivity index (χ1) is 25.5. The van der Waals surface area contributed by atoms with Crippen LogP contribution in [0, 0.1) is 40.9 Å². The van der Waals surface area contributed by atoms with E-state index in [1.807, 2.05) is 47.6 Å². The molecule has 4 rings (SSSR count). The molecule has 2 heterocycles. The molecule has 0 bridgehead atoms. The monoisotopic (exact) mass is 744 g/mol. The van der Waals surface area contributed by atoms with Crippen LogP contribution in [0.1, 0.15) is 109 Å². The number of aromatic nitrogens is 2. The number of carboxylic acids is 1. The van der Waals surface area contributed by atoms with Crippen molar-refractivity contribution in [3.05, 3.63) is 60.2 Å². The molecule has 0 radical (unpaired) electrons. The third kappa shape index (κ3) is 10.5. The molecule has 1 saturated heterocycles. The lowest BCUT2D eigenvalue weighted by atomic mass is 9.82. The number of fused-ring (bicyclic) bond motifs is 1. The van der Waals surface area contributed by atoms with Gasteiger partial charge in [0.2, 0.25) is 17.6 Å². The van der Waals surface area contributed by atoms with E-state index in [-0.39, 0.29) is 60.7 Å². The highest BCUT2D eigenvalue weighted by molar-refractivity contribution is 6.38. The summed E-state index contributed by atoms with van der Waals surface area (Å²) in [7, 11) is 0. The maximum absolute atomic E-state index is 14.6. The lowest BCUT2D eigenvalue weighted by Gasteiger charge is -2.37. The number of carbonyl (C=O) groups excluding carboxylic acids is 6. The third-order valence-corrected chi connectivity index (χ3v) is 11.1. The van der Waals surface area contributed by atoms with E-state index in [4.69, 9.17) is 0 Å². The fourth-order valence-corrected chi connectivity index (χ4v) is 8.12. The number of hydrogen-bond donors (Lipinski definition) is 2. The second-order valence-corrected chi connectivity index (χ2v) is 16.5. The van der Waals surface area contributed by atoms with E-state index < -0.39 is 71.0 Å². The number of rotatable bonds is 19. The molecule has 7 atom stereocenters. The quantitative estimate of drug-likeness (QED) is 0.141. The van der Waals surface area contributed by atoms with Gasteiger partial charge in [-0.2, -0.15) is 0 Å². The number of nitrogens with one attached hydrogen (secondary N) is 1. The van der Waals surface area contributed by atoms with Crippen molar-refractivity contribution in [2.75, 3.05) is 6.54 Å². The van der Waals surface area contributed by atoms with Crippen LogP contribution >= 0.6 is 0 Å². The average Bonchev–Trinajstić information content (AvgIpc) is 3.73. The highest BCUT2D eigenvalue weighted by atomic mass is 16.4. The summed E-state index contributed by atoms with van der Waals surface area (Å²) in [5.41, 5.74) is 0.129. The number of Topliss-reactive ketones (excluding diaryl/α,β-unsaturated/α-hetero) is 4. The van der Waals surface area contributed by atoms with Gasteiger partial charge in [0.1, 0.15) is 11.7 Å². The van der Waals surface area contributed by atoms with Crippen molar-refractivity contribution in [2.45, 2.75) is 111 Å².